The molecule has 26 heavy (non-hydrogen) atoms. The van der Waals surface area contributed by atoms with E-state index in [4.69, 9.17) is 14.6 Å². The highest BCUT2D eigenvalue weighted by molar-refractivity contribution is 7.89. The number of nitrogens with two attached hydrogens (primary N) is 1. The summed E-state index contributed by atoms with van der Waals surface area (Å²) in [5, 5.41) is 5.11. The van der Waals surface area contributed by atoms with E-state index in [0.717, 1.165) is 6.07 Å². The average Bonchev–Trinajstić information content (AvgIpc) is 2.59. The molecule has 0 aromatic heterocycles. The largest absolute Gasteiger partial charge is 0.496 e. The highest BCUT2D eigenvalue weighted by Crippen LogP contribution is 2.24. The van der Waals surface area contributed by atoms with Crippen LogP contribution in [0.5, 0.6) is 11.5 Å². The molecular formula is C17H19FN2O5S. The quantitative estimate of drug-likeness (QED) is 0.821. The molecule has 2 N–H and O–H groups in total. The van der Waals surface area contributed by atoms with Gasteiger partial charge in [0, 0.05) is 13.6 Å². The number of benzene rings is 2. The van der Waals surface area contributed by atoms with Crippen LogP contribution >= 0.6 is 0 Å². The Bertz CT molecular complexity index is 931. The molecule has 9 heteroatoms. The van der Waals surface area contributed by atoms with Gasteiger partial charge in [-0.15, -0.1) is 0 Å². The van der Waals surface area contributed by atoms with E-state index in [1.165, 1.54) is 50.4 Å². The van der Waals surface area contributed by atoms with Crippen molar-refractivity contribution in [2.45, 2.75) is 11.4 Å². The summed E-state index contributed by atoms with van der Waals surface area (Å²) < 4.78 is 46.8. The van der Waals surface area contributed by atoms with Crippen molar-refractivity contribution in [3.05, 3.63) is 53.3 Å². The van der Waals surface area contributed by atoms with E-state index < -0.39 is 21.7 Å². The SMILES string of the molecule is COc1ccc(CN(C)C(=O)c2cc(S(N)(=O)=O)ccc2OC)cc1F. The number of sulfonamides is 1. The number of halogens is 1. The third kappa shape index (κ3) is 4.30. The van der Waals surface area contributed by atoms with Crippen molar-refractivity contribution in [2.75, 3.05) is 21.3 Å². The molecule has 0 radical (unpaired) electrons. The Hall–Kier alpha value is -2.65. The predicted octanol–water partition coefficient (Wildman–Crippen LogP) is 1.76. The molecule has 0 aliphatic heterocycles. The van der Waals surface area contributed by atoms with Crippen LogP contribution in [0.2, 0.25) is 0 Å². The fourth-order valence-corrected chi connectivity index (χ4v) is 2.93. The van der Waals surface area contributed by atoms with Gasteiger partial charge in [0.2, 0.25) is 10.0 Å². The van der Waals surface area contributed by atoms with Gasteiger partial charge in [0.05, 0.1) is 24.7 Å². The molecule has 0 bridgehead atoms. The first kappa shape index (κ1) is 19.7. The van der Waals surface area contributed by atoms with E-state index in [2.05, 4.69) is 0 Å². The molecule has 140 valence electrons. The van der Waals surface area contributed by atoms with Crippen molar-refractivity contribution >= 4 is 15.9 Å². The maximum absolute atomic E-state index is 13.8. The molecule has 0 atom stereocenters. The predicted molar refractivity (Wildman–Crippen MR) is 93.1 cm³/mol. The number of carbonyl (C=O) groups excluding carboxylic acids is 1. The van der Waals surface area contributed by atoms with E-state index in [1.54, 1.807) is 6.07 Å². The number of hydrogen-bond acceptors (Lipinski definition) is 5. The first-order chi connectivity index (χ1) is 12.2. The zero-order valence-corrected chi connectivity index (χ0v) is 15.3. The monoisotopic (exact) mass is 382 g/mol. The number of carbonyl (C=O) groups is 1. The zero-order valence-electron chi connectivity index (χ0n) is 14.5. The summed E-state index contributed by atoms with van der Waals surface area (Å²) in [4.78, 5) is 13.8. The van der Waals surface area contributed by atoms with Crippen LogP contribution in [0.4, 0.5) is 4.39 Å². The maximum Gasteiger partial charge on any atom is 0.257 e. The lowest BCUT2D eigenvalue weighted by atomic mass is 10.1. The van der Waals surface area contributed by atoms with E-state index in [1.807, 2.05) is 0 Å². The Kier molecular flexibility index (Phi) is 5.83. The van der Waals surface area contributed by atoms with Crippen LogP contribution in [0.15, 0.2) is 41.3 Å². The Morgan fingerprint density at radius 3 is 2.27 bits per heavy atom. The summed E-state index contributed by atoms with van der Waals surface area (Å²) in [6, 6.07) is 8.12. The number of amides is 1. The molecular weight excluding hydrogens is 363 g/mol. The van der Waals surface area contributed by atoms with E-state index in [-0.39, 0.29) is 28.5 Å². The number of methoxy groups -OCH3 is 2. The minimum atomic E-state index is -3.97. The van der Waals surface area contributed by atoms with Crippen LogP contribution in [0, 0.1) is 5.82 Å². The van der Waals surface area contributed by atoms with Crippen LogP contribution in [-0.2, 0) is 16.6 Å². The molecule has 2 aromatic carbocycles. The van der Waals surface area contributed by atoms with Gasteiger partial charge in [-0.1, -0.05) is 6.07 Å². The molecule has 0 saturated heterocycles. The van der Waals surface area contributed by atoms with E-state index >= 15 is 0 Å². The maximum atomic E-state index is 13.8. The van der Waals surface area contributed by atoms with Crippen molar-refractivity contribution < 1.29 is 27.1 Å². The summed E-state index contributed by atoms with van der Waals surface area (Å²) in [6.07, 6.45) is 0. The Morgan fingerprint density at radius 2 is 1.73 bits per heavy atom. The molecule has 2 aromatic rings. The van der Waals surface area contributed by atoms with Crippen molar-refractivity contribution in [2.24, 2.45) is 5.14 Å². The minimum absolute atomic E-state index is 0.0375. The van der Waals surface area contributed by atoms with Gasteiger partial charge in [-0.3, -0.25) is 4.79 Å². The molecule has 0 heterocycles. The normalized spacial score (nSPS) is 11.1. The van der Waals surface area contributed by atoms with Crippen molar-refractivity contribution in [3.8, 4) is 11.5 Å². The molecule has 0 aliphatic rings. The van der Waals surface area contributed by atoms with Crippen molar-refractivity contribution in [1.82, 2.24) is 4.90 Å². The Balaban J connectivity index is 2.31. The van der Waals surface area contributed by atoms with E-state index in [9.17, 15) is 17.6 Å². The topological polar surface area (TPSA) is 98.9 Å². The van der Waals surface area contributed by atoms with Crippen molar-refractivity contribution in [1.29, 1.82) is 0 Å². The molecule has 2 rings (SSSR count). The van der Waals surface area contributed by atoms with Gasteiger partial charge >= 0.3 is 0 Å². The average molecular weight is 382 g/mol. The fraction of sp³-hybridized carbons (Fsp3) is 0.235. The molecule has 0 saturated carbocycles. The summed E-state index contributed by atoms with van der Waals surface area (Å²) >= 11 is 0. The van der Waals surface area contributed by atoms with Crippen LogP contribution in [0.3, 0.4) is 0 Å². The van der Waals surface area contributed by atoms with Gasteiger partial charge in [0.25, 0.3) is 5.91 Å². The van der Waals surface area contributed by atoms with Gasteiger partial charge < -0.3 is 14.4 Å². The molecule has 1 amide bonds. The molecule has 0 aliphatic carbocycles. The lowest BCUT2D eigenvalue weighted by Gasteiger charge is -2.19. The summed E-state index contributed by atoms with van der Waals surface area (Å²) in [7, 11) is 0.258. The second kappa shape index (κ2) is 7.71. The Labute approximate surface area is 151 Å². The van der Waals surface area contributed by atoms with E-state index in [0.29, 0.717) is 5.56 Å². The number of primary sulfonamides is 1. The summed E-state index contributed by atoms with van der Waals surface area (Å²) in [6.45, 7) is 0.0997. The lowest BCUT2D eigenvalue weighted by Crippen LogP contribution is -2.27. The van der Waals surface area contributed by atoms with Gasteiger partial charge in [-0.05, 0) is 35.9 Å². The smallest absolute Gasteiger partial charge is 0.257 e. The lowest BCUT2D eigenvalue weighted by molar-refractivity contribution is 0.0781. The molecule has 7 nitrogen and oxygen atoms in total. The van der Waals surface area contributed by atoms with Gasteiger partial charge in [-0.2, -0.15) is 0 Å². The Morgan fingerprint density at radius 1 is 1.12 bits per heavy atom. The molecule has 0 unspecified atom stereocenters. The van der Waals surface area contributed by atoms with Crippen LogP contribution in [-0.4, -0.2) is 40.5 Å². The third-order valence-corrected chi connectivity index (χ3v) is 4.62. The van der Waals surface area contributed by atoms with Gasteiger partial charge in [0.15, 0.2) is 11.6 Å². The van der Waals surface area contributed by atoms with Crippen molar-refractivity contribution in [3.63, 3.8) is 0 Å². The summed E-state index contributed by atoms with van der Waals surface area (Å²) in [5.41, 5.74) is 0.580. The zero-order chi connectivity index (χ0) is 19.5. The van der Waals surface area contributed by atoms with Crippen LogP contribution < -0.4 is 14.6 Å². The first-order valence-corrected chi connectivity index (χ1v) is 9.00. The highest BCUT2D eigenvalue weighted by atomic mass is 32.2. The summed E-state index contributed by atoms with van der Waals surface area (Å²) in [5.74, 6) is -0.733. The van der Waals surface area contributed by atoms with Gasteiger partial charge in [-0.25, -0.2) is 17.9 Å². The molecule has 0 fully saturated rings. The van der Waals surface area contributed by atoms with Gasteiger partial charge in [0.1, 0.15) is 5.75 Å². The number of hydrogen-bond donors (Lipinski definition) is 1. The second-order valence-electron chi connectivity index (χ2n) is 5.54. The van der Waals surface area contributed by atoms with Crippen LogP contribution in [0.1, 0.15) is 15.9 Å². The highest BCUT2D eigenvalue weighted by Gasteiger charge is 2.20. The second-order valence-corrected chi connectivity index (χ2v) is 7.10. The number of nitrogens with zero attached hydrogens (tertiary/aromatic N) is 1. The third-order valence-electron chi connectivity index (χ3n) is 3.71. The number of rotatable bonds is 6. The first-order valence-electron chi connectivity index (χ1n) is 7.46. The van der Waals surface area contributed by atoms with Crippen LogP contribution in [0.25, 0.3) is 0 Å². The standard InChI is InChI=1S/C17H19FN2O5S/c1-20(10-11-4-6-16(25-3)14(18)8-11)17(21)13-9-12(26(19,22)23)5-7-15(13)24-2/h4-9H,10H2,1-3H3,(H2,19,22,23). The number of ether oxygens (including phenoxy) is 2. The molecule has 0 spiro atoms. The fourth-order valence-electron chi connectivity index (χ4n) is 2.39. The minimum Gasteiger partial charge on any atom is -0.496 e.